The van der Waals surface area contributed by atoms with E-state index in [-0.39, 0.29) is 23.2 Å². The van der Waals surface area contributed by atoms with Crippen LogP contribution in [0.15, 0.2) is 59.2 Å². The van der Waals surface area contributed by atoms with Crippen molar-refractivity contribution in [2.75, 3.05) is 5.32 Å². The van der Waals surface area contributed by atoms with E-state index in [0.717, 1.165) is 0 Å². The standard InChI is InChI=1S/C18H13N3O5/c1-11(22)19-14-7-5-13(6-8-14)17-20-16(18(23)26-17)10-12-3-2-4-15(9-12)21(24)25/h2-10H,1H3,(H,19,22)/b16-10-. The van der Waals surface area contributed by atoms with Crippen molar-refractivity contribution in [2.24, 2.45) is 4.99 Å². The van der Waals surface area contributed by atoms with Gasteiger partial charge in [-0.25, -0.2) is 9.79 Å². The third-order valence-electron chi connectivity index (χ3n) is 3.46. The molecule has 0 aromatic heterocycles. The first kappa shape index (κ1) is 17.0. The number of carbonyl (C=O) groups excluding carboxylic acids is 2. The van der Waals surface area contributed by atoms with Crippen LogP contribution in [-0.2, 0) is 14.3 Å². The number of ether oxygens (including phenoxy) is 1. The van der Waals surface area contributed by atoms with Gasteiger partial charge >= 0.3 is 5.97 Å². The number of nitro groups is 1. The number of non-ortho nitro benzene ring substituents is 1. The molecule has 0 spiro atoms. The molecule has 2 aromatic rings. The van der Waals surface area contributed by atoms with Crippen LogP contribution in [0.5, 0.6) is 0 Å². The zero-order chi connectivity index (χ0) is 18.7. The molecule has 0 saturated carbocycles. The molecule has 3 rings (SSSR count). The molecular formula is C18H13N3O5. The van der Waals surface area contributed by atoms with Crippen molar-refractivity contribution in [3.8, 4) is 0 Å². The second-order valence-electron chi connectivity index (χ2n) is 5.45. The maximum absolute atomic E-state index is 12.0. The summed E-state index contributed by atoms with van der Waals surface area (Å²) in [7, 11) is 0. The van der Waals surface area contributed by atoms with E-state index in [0.29, 0.717) is 16.8 Å². The fourth-order valence-corrected chi connectivity index (χ4v) is 2.32. The lowest BCUT2D eigenvalue weighted by Crippen LogP contribution is -2.07. The number of nitrogens with zero attached hydrogens (tertiary/aromatic N) is 2. The molecule has 0 bridgehead atoms. The molecule has 1 N–H and O–H groups in total. The molecular weight excluding hydrogens is 338 g/mol. The van der Waals surface area contributed by atoms with E-state index < -0.39 is 10.9 Å². The molecule has 1 amide bonds. The van der Waals surface area contributed by atoms with Crippen LogP contribution in [-0.4, -0.2) is 22.7 Å². The zero-order valence-corrected chi connectivity index (χ0v) is 13.6. The lowest BCUT2D eigenvalue weighted by Gasteiger charge is -2.03. The van der Waals surface area contributed by atoms with Crippen LogP contribution in [0.25, 0.3) is 6.08 Å². The van der Waals surface area contributed by atoms with Gasteiger partial charge in [0, 0.05) is 30.3 Å². The highest BCUT2D eigenvalue weighted by atomic mass is 16.6. The highest BCUT2D eigenvalue weighted by Crippen LogP contribution is 2.22. The van der Waals surface area contributed by atoms with Gasteiger partial charge in [0.05, 0.1) is 4.92 Å². The van der Waals surface area contributed by atoms with E-state index in [1.807, 2.05) is 0 Å². The van der Waals surface area contributed by atoms with Crippen molar-refractivity contribution in [3.63, 3.8) is 0 Å². The van der Waals surface area contributed by atoms with Crippen LogP contribution in [0.2, 0.25) is 0 Å². The predicted octanol–water partition coefficient (Wildman–Crippen LogP) is 2.90. The minimum Gasteiger partial charge on any atom is -0.402 e. The zero-order valence-electron chi connectivity index (χ0n) is 13.6. The average Bonchev–Trinajstić information content (AvgIpc) is 2.96. The second kappa shape index (κ2) is 6.98. The maximum atomic E-state index is 12.0. The third kappa shape index (κ3) is 3.81. The molecule has 26 heavy (non-hydrogen) atoms. The van der Waals surface area contributed by atoms with Crippen molar-refractivity contribution in [3.05, 3.63) is 75.5 Å². The lowest BCUT2D eigenvalue weighted by atomic mass is 10.1. The smallest absolute Gasteiger partial charge is 0.363 e. The summed E-state index contributed by atoms with van der Waals surface area (Å²) >= 11 is 0. The SMILES string of the molecule is CC(=O)Nc1ccc(C2=N/C(=C\c3cccc([N+](=O)[O-])c3)C(=O)O2)cc1. The summed E-state index contributed by atoms with van der Waals surface area (Å²) in [4.78, 5) is 37.5. The topological polar surface area (TPSA) is 111 Å². The number of esters is 1. The molecule has 2 aromatic carbocycles. The normalized spacial score (nSPS) is 14.7. The van der Waals surface area contributed by atoms with E-state index in [1.165, 1.54) is 31.2 Å². The van der Waals surface area contributed by atoms with Crippen LogP contribution in [0.4, 0.5) is 11.4 Å². The van der Waals surface area contributed by atoms with E-state index in [2.05, 4.69) is 10.3 Å². The van der Waals surface area contributed by atoms with Crippen LogP contribution >= 0.6 is 0 Å². The number of rotatable bonds is 4. The minimum atomic E-state index is -0.641. The van der Waals surface area contributed by atoms with Gasteiger partial charge in [0.25, 0.3) is 5.69 Å². The summed E-state index contributed by atoms with van der Waals surface area (Å²) in [5.41, 5.74) is 1.61. The largest absolute Gasteiger partial charge is 0.402 e. The van der Waals surface area contributed by atoms with Gasteiger partial charge in [-0.1, -0.05) is 12.1 Å². The van der Waals surface area contributed by atoms with E-state index >= 15 is 0 Å². The number of aliphatic imine (C=N–C) groups is 1. The molecule has 0 saturated heterocycles. The molecule has 1 aliphatic heterocycles. The Kier molecular flexibility index (Phi) is 4.57. The first-order chi connectivity index (χ1) is 12.4. The number of hydrogen-bond acceptors (Lipinski definition) is 6. The van der Waals surface area contributed by atoms with Gasteiger partial charge in [-0.2, -0.15) is 0 Å². The number of nitrogens with one attached hydrogen (secondary N) is 1. The van der Waals surface area contributed by atoms with Gasteiger partial charge in [0.15, 0.2) is 5.70 Å². The fraction of sp³-hybridized carbons (Fsp3) is 0.0556. The van der Waals surface area contributed by atoms with Crippen LogP contribution < -0.4 is 5.32 Å². The van der Waals surface area contributed by atoms with Gasteiger partial charge in [0.1, 0.15) is 0 Å². The molecule has 8 nitrogen and oxygen atoms in total. The first-order valence-electron chi connectivity index (χ1n) is 7.57. The summed E-state index contributed by atoms with van der Waals surface area (Å²) in [6, 6.07) is 12.5. The van der Waals surface area contributed by atoms with Crippen molar-refractivity contribution in [2.45, 2.75) is 6.92 Å². The third-order valence-corrected chi connectivity index (χ3v) is 3.46. The Morgan fingerprint density at radius 1 is 1.23 bits per heavy atom. The maximum Gasteiger partial charge on any atom is 0.363 e. The average molecular weight is 351 g/mol. The predicted molar refractivity (Wildman–Crippen MR) is 94.4 cm³/mol. The Hall–Kier alpha value is -3.81. The van der Waals surface area contributed by atoms with E-state index in [1.54, 1.807) is 30.3 Å². The molecule has 0 radical (unpaired) electrons. The van der Waals surface area contributed by atoms with Crippen LogP contribution in [0.3, 0.4) is 0 Å². The number of amides is 1. The van der Waals surface area contributed by atoms with Crippen molar-refractivity contribution in [1.29, 1.82) is 0 Å². The van der Waals surface area contributed by atoms with Gasteiger partial charge < -0.3 is 10.1 Å². The Labute approximate surface area is 148 Å². The molecule has 1 aliphatic rings. The van der Waals surface area contributed by atoms with Gasteiger partial charge in [-0.05, 0) is 35.9 Å². The first-order valence-corrected chi connectivity index (χ1v) is 7.57. The molecule has 0 fully saturated rings. The molecule has 0 aliphatic carbocycles. The molecule has 130 valence electrons. The highest BCUT2D eigenvalue weighted by molar-refractivity contribution is 6.13. The Bertz CT molecular complexity index is 961. The summed E-state index contributed by atoms with van der Waals surface area (Å²) in [6.45, 7) is 1.40. The second-order valence-corrected chi connectivity index (χ2v) is 5.45. The summed E-state index contributed by atoms with van der Waals surface area (Å²) < 4.78 is 5.15. The number of anilines is 1. The van der Waals surface area contributed by atoms with Crippen molar-refractivity contribution < 1.29 is 19.2 Å². The number of carbonyl (C=O) groups is 2. The lowest BCUT2D eigenvalue weighted by molar-refractivity contribution is -0.384. The number of benzene rings is 2. The molecule has 0 atom stereocenters. The van der Waals surface area contributed by atoms with Crippen molar-refractivity contribution in [1.82, 2.24) is 0 Å². The van der Waals surface area contributed by atoms with E-state index in [4.69, 9.17) is 4.74 Å². The number of nitro benzene ring substituents is 1. The Morgan fingerprint density at radius 2 is 1.96 bits per heavy atom. The Morgan fingerprint density at radius 3 is 2.62 bits per heavy atom. The van der Waals surface area contributed by atoms with E-state index in [9.17, 15) is 19.7 Å². The highest BCUT2D eigenvalue weighted by Gasteiger charge is 2.24. The summed E-state index contributed by atoms with van der Waals surface area (Å²) in [6.07, 6.45) is 1.42. The minimum absolute atomic E-state index is 0.0476. The number of cyclic esters (lactones) is 1. The van der Waals surface area contributed by atoms with Crippen LogP contribution in [0.1, 0.15) is 18.1 Å². The molecule has 8 heteroatoms. The fourth-order valence-electron chi connectivity index (χ4n) is 2.32. The molecule has 1 heterocycles. The van der Waals surface area contributed by atoms with Crippen LogP contribution in [0, 0.1) is 10.1 Å². The van der Waals surface area contributed by atoms with Gasteiger partial charge in [-0.15, -0.1) is 0 Å². The van der Waals surface area contributed by atoms with Crippen molar-refractivity contribution >= 4 is 35.2 Å². The number of hydrogen-bond donors (Lipinski definition) is 1. The summed E-state index contributed by atoms with van der Waals surface area (Å²) in [5.74, 6) is -0.706. The monoisotopic (exact) mass is 351 g/mol. The Balaban J connectivity index is 1.86. The van der Waals surface area contributed by atoms with Gasteiger partial charge in [0.2, 0.25) is 11.8 Å². The van der Waals surface area contributed by atoms with Gasteiger partial charge in [-0.3, -0.25) is 14.9 Å². The summed E-state index contributed by atoms with van der Waals surface area (Å²) in [5, 5.41) is 13.5. The quantitative estimate of drug-likeness (QED) is 0.394. The molecule has 0 unspecified atom stereocenters.